The van der Waals surface area contributed by atoms with E-state index < -0.39 is 0 Å². The van der Waals surface area contributed by atoms with Crippen LogP contribution in [0.25, 0.3) is 10.8 Å². The molecular formula is C13H13BrO. The number of fused-ring (bicyclic) bond motifs is 1. The van der Waals surface area contributed by atoms with Crippen molar-refractivity contribution in [3.63, 3.8) is 0 Å². The Morgan fingerprint density at radius 2 is 1.87 bits per heavy atom. The van der Waals surface area contributed by atoms with Crippen LogP contribution in [0.15, 0.2) is 42.5 Å². The van der Waals surface area contributed by atoms with Crippen LogP contribution in [-0.2, 0) is 0 Å². The molecule has 78 valence electrons. The predicted octanol–water partition coefficient (Wildman–Crippen LogP) is 4.00. The van der Waals surface area contributed by atoms with E-state index in [1.807, 2.05) is 24.3 Å². The average Bonchev–Trinajstić information content (AvgIpc) is 2.29. The van der Waals surface area contributed by atoms with Gasteiger partial charge in [-0.3, -0.25) is 0 Å². The summed E-state index contributed by atoms with van der Waals surface area (Å²) in [7, 11) is 0. The predicted molar refractivity (Wildman–Crippen MR) is 67.8 cm³/mol. The highest BCUT2D eigenvalue weighted by molar-refractivity contribution is 9.09. The Kier molecular flexibility index (Phi) is 3.27. The molecule has 0 unspecified atom stereocenters. The zero-order valence-corrected chi connectivity index (χ0v) is 10.2. The van der Waals surface area contributed by atoms with E-state index >= 15 is 0 Å². The van der Waals surface area contributed by atoms with Gasteiger partial charge in [0, 0.05) is 10.7 Å². The summed E-state index contributed by atoms with van der Waals surface area (Å²) in [5, 5.41) is 3.24. The lowest BCUT2D eigenvalue weighted by Gasteiger charge is -2.13. The zero-order chi connectivity index (χ0) is 10.7. The van der Waals surface area contributed by atoms with Gasteiger partial charge in [-0.05, 0) is 18.4 Å². The van der Waals surface area contributed by atoms with Crippen molar-refractivity contribution in [1.29, 1.82) is 0 Å². The first kappa shape index (κ1) is 10.5. The smallest absolute Gasteiger partial charge is 0.127 e. The Balaban J connectivity index is 2.42. The van der Waals surface area contributed by atoms with E-state index in [0.717, 1.165) is 11.1 Å². The van der Waals surface area contributed by atoms with Crippen LogP contribution < -0.4 is 4.74 Å². The number of rotatable bonds is 3. The van der Waals surface area contributed by atoms with Crippen LogP contribution in [0.4, 0.5) is 0 Å². The molecule has 0 aromatic heterocycles. The molecule has 2 heteroatoms. The van der Waals surface area contributed by atoms with Gasteiger partial charge in [-0.2, -0.15) is 0 Å². The minimum absolute atomic E-state index is 0.191. The second kappa shape index (κ2) is 4.67. The Morgan fingerprint density at radius 3 is 2.67 bits per heavy atom. The molecule has 0 radical (unpaired) electrons. The number of hydrogen-bond acceptors (Lipinski definition) is 1. The molecule has 15 heavy (non-hydrogen) atoms. The van der Waals surface area contributed by atoms with Gasteiger partial charge in [-0.25, -0.2) is 0 Å². The molecule has 0 aliphatic heterocycles. The van der Waals surface area contributed by atoms with Crippen molar-refractivity contribution in [2.75, 3.05) is 5.33 Å². The molecule has 0 saturated carbocycles. The lowest BCUT2D eigenvalue weighted by Crippen LogP contribution is -2.12. The lowest BCUT2D eigenvalue weighted by molar-refractivity contribution is 0.251. The van der Waals surface area contributed by atoms with Crippen molar-refractivity contribution in [1.82, 2.24) is 0 Å². The molecular weight excluding hydrogens is 252 g/mol. The molecule has 0 spiro atoms. The maximum absolute atomic E-state index is 5.83. The summed E-state index contributed by atoms with van der Waals surface area (Å²) < 4.78 is 5.83. The van der Waals surface area contributed by atoms with Crippen LogP contribution in [-0.4, -0.2) is 11.4 Å². The molecule has 0 aliphatic carbocycles. The van der Waals surface area contributed by atoms with Crippen molar-refractivity contribution in [2.24, 2.45) is 0 Å². The Labute approximate surface area is 98.2 Å². The van der Waals surface area contributed by atoms with Crippen LogP contribution in [0.1, 0.15) is 6.92 Å². The molecule has 0 aliphatic rings. The third-order valence-corrected chi connectivity index (χ3v) is 3.21. The molecule has 0 heterocycles. The number of hydrogen-bond donors (Lipinski definition) is 0. The van der Waals surface area contributed by atoms with Gasteiger partial charge >= 0.3 is 0 Å². The molecule has 2 aromatic carbocycles. The highest BCUT2D eigenvalue weighted by Gasteiger charge is 2.04. The Hall–Kier alpha value is -1.02. The molecule has 0 amide bonds. The molecule has 2 aromatic rings. The summed E-state index contributed by atoms with van der Waals surface area (Å²) in [5.41, 5.74) is 0. The summed E-state index contributed by atoms with van der Waals surface area (Å²) in [5.74, 6) is 0.958. The Bertz CT molecular complexity index is 448. The normalized spacial score (nSPS) is 12.7. The zero-order valence-electron chi connectivity index (χ0n) is 8.61. The second-order valence-corrected chi connectivity index (χ2v) is 4.21. The van der Waals surface area contributed by atoms with Gasteiger partial charge < -0.3 is 4.74 Å². The average molecular weight is 265 g/mol. The second-order valence-electron chi connectivity index (χ2n) is 3.56. The monoisotopic (exact) mass is 264 g/mol. The minimum atomic E-state index is 0.191. The van der Waals surface area contributed by atoms with E-state index in [1.54, 1.807) is 0 Å². The van der Waals surface area contributed by atoms with Crippen LogP contribution in [0.3, 0.4) is 0 Å². The fraction of sp³-hybridized carbons (Fsp3) is 0.231. The highest BCUT2D eigenvalue weighted by atomic mass is 79.9. The first-order valence-corrected chi connectivity index (χ1v) is 6.14. The van der Waals surface area contributed by atoms with E-state index in [9.17, 15) is 0 Å². The van der Waals surface area contributed by atoms with Gasteiger partial charge in [0.05, 0.1) is 0 Å². The quantitative estimate of drug-likeness (QED) is 0.762. The summed E-state index contributed by atoms with van der Waals surface area (Å²) in [4.78, 5) is 0. The molecule has 1 atom stereocenters. The fourth-order valence-corrected chi connectivity index (χ4v) is 1.68. The first-order chi connectivity index (χ1) is 7.31. The maximum Gasteiger partial charge on any atom is 0.127 e. The van der Waals surface area contributed by atoms with E-state index in [0.29, 0.717) is 0 Å². The SMILES string of the molecule is C[C@H](CBr)Oc1cccc2ccccc12. The summed E-state index contributed by atoms with van der Waals surface area (Å²) in [6, 6.07) is 14.4. The summed E-state index contributed by atoms with van der Waals surface area (Å²) >= 11 is 3.41. The van der Waals surface area contributed by atoms with Crippen molar-refractivity contribution in [2.45, 2.75) is 13.0 Å². The standard InChI is InChI=1S/C13H13BrO/c1-10(9-14)15-13-8-4-6-11-5-2-3-7-12(11)13/h2-8,10H,9H2,1H3/t10-/m1/s1. The Morgan fingerprint density at radius 1 is 1.13 bits per heavy atom. The van der Waals surface area contributed by atoms with Crippen LogP contribution in [0.5, 0.6) is 5.75 Å². The molecule has 1 nitrogen and oxygen atoms in total. The molecule has 0 fully saturated rings. The number of alkyl halides is 1. The number of halogens is 1. The molecule has 0 saturated heterocycles. The van der Waals surface area contributed by atoms with Crippen molar-refractivity contribution >= 4 is 26.7 Å². The fourth-order valence-electron chi connectivity index (χ4n) is 1.55. The van der Waals surface area contributed by atoms with Gasteiger partial charge in [0.15, 0.2) is 0 Å². The van der Waals surface area contributed by atoms with Crippen molar-refractivity contribution in [3.05, 3.63) is 42.5 Å². The van der Waals surface area contributed by atoms with Crippen LogP contribution >= 0.6 is 15.9 Å². The lowest BCUT2D eigenvalue weighted by atomic mass is 10.1. The molecule has 2 rings (SSSR count). The number of ether oxygens (including phenoxy) is 1. The van der Waals surface area contributed by atoms with E-state index in [-0.39, 0.29) is 6.10 Å². The van der Waals surface area contributed by atoms with E-state index in [4.69, 9.17) is 4.74 Å². The van der Waals surface area contributed by atoms with Gasteiger partial charge in [-0.15, -0.1) is 0 Å². The van der Waals surface area contributed by atoms with Crippen LogP contribution in [0, 0.1) is 0 Å². The third-order valence-electron chi connectivity index (χ3n) is 2.30. The summed E-state index contributed by atoms with van der Waals surface area (Å²) in [6.07, 6.45) is 0.191. The highest BCUT2D eigenvalue weighted by Crippen LogP contribution is 2.26. The van der Waals surface area contributed by atoms with Crippen LogP contribution in [0.2, 0.25) is 0 Å². The molecule has 0 bridgehead atoms. The van der Waals surface area contributed by atoms with Gasteiger partial charge in [-0.1, -0.05) is 52.3 Å². The van der Waals surface area contributed by atoms with Crippen molar-refractivity contribution in [3.8, 4) is 5.75 Å². The minimum Gasteiger partial charge on any atom is -0.489 e. The first-order valence-electron chi connectivity index (χ1n) is 5.01. The summed E-state index contributed by atoms with van der Waals surface area (Å²) in [6.45, 7) is 2.05. The topological polar surface area (TPSA) is 9.23 Å². The maximum atomic E-state index is 5.83. The number of benzene rings is 2. The van der Waals surface area contributed by atoms with Gasteiger partial charge in [0.25, 0.3) is 0 Å². The van der Waals surface area contributed by atoms with Gasteiger partial charge in [0.2, 0.25) is 0 Å². The van der Waals surface area contributed by atoms with E-state index in [2.05, 4.69) is 41.1 Å². The largest absolute Gasteiger partial charge is 0.489 e. The van der Waals surface area contributed by atoms with Gasteiger partial charge in [0.1, 0.15) is 11.9 Å². The van der Waals surface area contributed by atoms with Crippen molar-refractivity contribution < 1.29 is 4.74 Å². The third kappa shape index (κ3) is 2.32. The molecule has 0 N–H and O–H groups in total. The van der Waals surface area contributed by atoms with E-state index in [1.165, 1.54) is 10.8 Å².